The highest BCUT2D eigenvalue weighted by atomic mass is 14.8. The lowest BCUT2D eigenvalue weighted by Crippen LogP contribution is -2.25. The van der Waals surface area contributed by atoms with Crippen molar-refractivity contribution in [2.75, 3.05) is 0 Å². The third-order valence-electron chi connectivity index (χ3n) is 4.00. The Kier molecular flexibility index (Phi) is 1.73. The maximum absolute atomic E-state index is 4.78. The third-order valence-corrected chi connectivity index (χ3v) is 4.00. The Morgan fingerprint density at radius 1 is 0.450 bits per heavy atom. The number of benzene rings is 3. The van der Waals surface area contributed by atoms with E-state index in [1.807, 2.05) is 12.1 Å². The molecule has 0 bridgehead atoms. The molecule has 0 atom stereocenters. The van der Waals surface area contributed by atoms with Crippen LogP contribution in [0.2, 0.25) is 0 Å². The Morgan fingerprint density at radius 3 is 1.40 bits per heavy atom. The van der Waals surface area contributed by atoms with Crippen LogP contribution in [0.5, 0.6) is 0 Å². The third kappa shape index (κ3) is 1.14. The van der Waals surface area contributed by atoms with Gasteiger partial charge in [-0.3, -0.25) is 0 Å². The molecule has 0 aromatic heterocycles. The summed E-state index contributed by atoms with van der Waals surface area (Å²) in [5.41, 5.74) is 6.88. The van der Waals surface area contributed by atoms with E-state index in [2.05, 4.69) is 48.5 Å². The fourth-order valence-electron chi connectivity index (χ4n) is 3.08. The zero-order valence-electron chi connectivity index (χ0n) is 10.7. The average molecular weight is 254 g/mol. The highest BCUT2D eigenvalue weighted by Gasteiger charge is 2.20. The van der Waals surface area contributed by atoms with Crippen LogP contribution in [0.3, 0.4) is 0 Å². The Balaban J connectivity index is 1.93. The van der Waals surface area contributed by atoms with Crippen molar-refractivity contribution in [1.29, 1.82) is 0 Å². The number of hydrogen-bond acceptors (Lipinski definition) is 2. The van der Waals surface area contributed by atoms with E-state index in [1.165, 1.54) is 22.3 Å². The normalized spacial score (nSPS) is 12.8. The topological polar surface area (TPSA) is 24.7 Å². The Hall–Kier alpha value is -2.74. The summed E-state index contributed by atoms with van der Waals surface area (Å²) >= 11 is 0. The first kappa shape index (κ1) is 10.1. The van der Waals surface area contributed by atoms with E-state index in [0.29, 0.717) is 0 Å². The van der Waals surface area contributed by atoms with Gasteiger partial charge in [-0.1, -0.05) is 48.5 Å². The molecule has 0 saturated carbocycles. The van der Waals surface area contributed by atoms with Gasteiger partial charge in [-0.2, -0.15) is 0 Å². The second-order valence-corrected chi connectivity index (χ2v) is 5.12. The van der Waals surface area contributed by atoms with Gasteiger partial charge in [0.2, 0.25) is 0 Å². The van der Waals surface area contributed by atoms with E-state index < -0.39 is 0 Å². The summed E-state index contributed by atoms with van der Waals surface area (Å²) in [4.78, 5) is 9.55. The molecule has 0 saturated heterocycles. The van der Waals surface area contributed by atoms with Crippen molar-refractivity contribution >= 4 is 11.4 Å². The molecule has 0 N–H and O–H groups in total. The minimum absolute atomic E-state index is 1.01. The van der Waals surface area contributed by atoms with Gasteiger partial charge in [-0.05, 0) is 12.1 Å². The molecule has 0 radical (unpaired) electrons. The van der Waals surface area contributed by atoms with E-state index in [1.54, 1.807) is 0 Å². The molecule has 3 aromatic carbocycles. The number of hydrogen-bond donors (Lipinski definition) is 0. The molecule has 2 aliphatic rings. The van der Waals surface area contributed by atoms with Crippen LogP contribution < -0.4 is 10.7 Å². The van der Waals surface area contributed by atoms with Gasteiger partial charge in [0.05, 0.1) is 22.1 Å². The molecule has 2 heteroatoms. The second-order valence-electron chi connectivity index (χ2n) is 5.12. The van der Waals surface area contributed by atoms with Crippen LogP contribution in [0.15, 0.2) is 70.6 Å². The van der Waals surface area contributed by atoms with E-state index in [4.69, 9.17) is 9.98 Å². The maximum atomic E-state index is 4.78. The van der Waals surface area contributed by atoms with Crippen molar-refractivity contribution in [2.45, 2.75) is 0 Å². The molecular formula is C18H10N2. The molecule has 5 rings (SSSR count). The highest BCUT2D eigenvalue weighted by Crippen LogP contribution is 2.35. The summed E-state index contributed by atoms with van der Waals surface area (Å²) in [6, 6.07) is 20.9. The number of fused-ring (bicyclic) bond motifs is 7. The van der Waals surface area contributed by atoms with Crippen LogP contribution in [-0.4, -0.2) is 0 Å². The van der Waals surface area contributed by atoms with Crippen LogP contribution in [0, 0.1) is 0 Å². The summed E-state index contributed by atoms with van der Waals surface area (Å²) in [6.45, 7) is 0. The van der Waals surface area contributed by atoms with Gasteiger partial charge < -0.3 is 0 Å². The summed E-state index contributed by atoms with van der Waals surface area (Å²) in [6.07, 6.45) is 0. The fraction of sp³-hybridized carbons (Fsp3) is 0. The molecule has 2 heterocycles. The molecule has 2 aliphatic heterocycles. The fourth-order valence-corrected chi connectivity index (χ4v) is 3.08. The number of rotatable bonds is 0. The lowest BCUT2D eigenvalue weighted by molar-refractivity contribution is 1.29. The summed E-state index contributed by atoms with van der Waals surface area (Å²) in [7, 11) is 0. The van der Waals surface area contributed by atoms with Crippen LogP contribution in [0.4, 0.5) is 11.4 Å². The Bertz CT molecular complexity index is 918. The molecule has 0 fully saturated rings. The summed E-state index contributed by atoms with van der Waals surface area (Å²) in [5.74, 6) is 0. The smallest absolute Gasteiger partial charge is 0.0979 e. The molecular weight excluding hydrogens is 244 g/mol. The molecule has 2 nitrogen and oxygen atoms in total. The Labute approximate surface area is 115 Å². The van der Waals surface area contributed by atoms with Gasteiger partial charge in [-0.25, -0.2) is 9.98 Å². The first-order valence-electron chi connectivity index (χ1n) is 6.71. The first-order chi connectivity index (χ1) is 9.92. The van der Waals surface area contributed by atoms with Crippen molar-refractivity contribution in [3.05, 3.63) is 71.4 Å². The van der Waals surface area contributed by atoms with E-state index in [0.717, 1.165) is 22.1 Å². The van der Waals surface area contributed by atoms with Crippen molar-refractivity contribution in [1.82, 2.24) is 0 Å². The summed E-state index contributed by atoms with van der Waals surface area (Å²) < 4.78 is 0. The van der Waals surface area contributed by atoms with Gasteiger partial charge in [0.15, 0.2) is 0 Å². The van der Waals surface area contributed by atoms with Crippen molar-refractivity contribution < 1.29 is 0 Å². The molecule has 20 heavy (non-hydrogen) atoms. The van der Waals surface area contributed by atoms with Crippen molar-refractivity contribution in [3.63, 3.8) is 0 Å². The number of nitrogens with zero attached hydrogens (tertiary/aromatic N) is 2. The van der Waals surface area contributed by atoms with Crippen LogP contribution >= 0.6 is 0 Å². The van der Waals surface area contributed by atoms with Gasteiger partial charge >= 0.3 is 0 Å². The summed E-state index contributed by atoms with van der Waals surface area (Å²) in [5, 5.41) is 2.03. The largest absolute Gasteiger partial charge is 0.245 e. The van der Waals surface area contributed by atoms with Gasteiger partial charge in [-0.15, -0.1) is 0 Å². The predicted octanol–water partition coefficient (Wildman–Crippen LogP) is 3.55. The van der Waals surface area contributed by atoms with E-state index in [9.17, 15) is 0 Å². The zero-order valence-corrected chi connectivity index (χ0v) is 10.7. The lowest BCUT2D eigenvalue weighted by atomic mass is 10.0. The van der Waals surface area contributed by atoms with Gasteiger partial charge in [0, 0.05) is 22.3 Å². The average Bonchev–Trinajstić information content (AvgIpc) is 3.05. The highest BCUT2D eigenvalue weighted by molar-refractivity contribution is 5.84. The molecule has 0 unspecified atom stereocenters. The minimum Gasteiger partial charge on any atom is -0.245 e. The molecule has 3 aromatic rings. The lowest BCUT2D eigenvalue weighted by Gasteiger charge is -2.00. The molecule has 0 aliphatic carbocycles. The van der Waals surface area contributed by atoms with Crippen LogP contribution in [-0.2, 0) is 0 Å². The monoisotopic (exact) mass is 254 g/mol. The quantitative estimate of drug-likeness (QED) is 0.404. The molecule has 92 valence electrons. The van der Waals surface area contributed by atoms with E-state index in [-0.39, 0.29) is 0 Å². The SMILES string of the molecule is c1ccc2c(c1)N=c1c-2ccc2c1=Nc1ccccc1-2. The van der Waals surface area contributed by atoms with E-state index >= 15 is 0 Å². The zero-order chi connectivity index (χ0) is 13.1. The standard InChI is InChI=1S/C18H10N2/c1-3-7-15-11(5-1)13-9-10-14-12-6-2-4-8-16(12)20-18(14)17(13)19-15/h1-10H. The van der Waals surface area contributed by atoms with Crippen LogP contribution in [0.25, 0.3) is 22.3 Å². The molecule has 0 spiro atoms. The predicted molar refractivity (Wildman–Crippen MR) is 78.9 cm³/mol. The van der Waals surface area contributed by atoms with Gasteiger partial charge in [0.1, 0.15) is 0 Å². The Morgan fingerprint density at radius 2 is 0.900 bits per heavy atom. The van der Waals surface area contributed by atoms with Crippen LogP contribution in [0.1, 0.15) is 0 Å². The van der Waals surface area contributed by atoms with Crippen molar-refractivity contribution in [2.24, 2.45) is 9.98 Å². The first-order valence-corrected chi connectivity index (χ1v) is 6.71. The minimum atomic E-state index is 1.01. The van der Waals surface area contributed by atoms with Crippen molar-refractivity contribution in [3.8, 4) is 22.3 Å². The maximum Gasteiger partial charge on any atom is 0.0979 e. The molecule has 0 amide bonds. The second kappa shape index (κ2) is 3.42. The van der Waals surface area contributed by atoms with Gasteiger partial charge in [0.25, 0.3) is 0 Å². The number of para-hydroxylation sites is 2.